The van der Waals surface area contributed by atoms with E-state index in [1.165, 1.54) is 0 Å². The largest absolute Gasteiger partial charge is 0.352 e. The van der Waals surface area contributed by atoms with Gasteiger partial charge in [0.15, 0.2) is 0 Å². The number of carbonyl (C=O) groups is 1. The summed E-state index contributed by atoms with van der Waals surface area (Å²) in [5.41, 5.74) is 1.72. The van der Waals surface area contributed by atoms with Crippen molar-refractivity contribution in [2.45, 2.75) is 79.6 Å². The van der Waals surface area contributed by atoms with E-state index in [0.29, 0.717) is 30.1 Å². The van der Waals surface area contributed by atoms with Gasteiger partial charge in [-0.25, -0.2) is 0 Å². The number of aromatic nitrogens is 2. The Morgan fingerprint density at radius 3 is 2.22 bits per heavy atom. The van der Waals surface area contributed by atoms with Crippen molar-refractivity contribution in [2.75, 3.05) is 6.54 Å². The Labute approximate surface area is 145 Å². The molecule has 5 nitrogen and oxygen atoms in total. The van der Waals surface area contributed by atoms with Crippen molar-refractivity contribution < 1.29 is 4.79 Å². The number of carbonyl (C=O) groups excluding carboxylic acids is 1. The van der Waals surface area contributed by atoms with Gasteiger partial charge in [0.1, 0.15) is 0 Å². The van der Waals surface area contributed by atoms with Crippen LogP contribution in [0, 0.1) is 13.8 Å². The van der Waals surface area contributed by atoms with Gasteiger partial charge in [0, 0.05) is 31.1 Å². The van der Waals surface area contributed by atoms with Gasteiger partial charge in [0.2, 0.25) is 5.91 Å². The molecular weight excluding hydrogens is 312 g/mol. The molecule has 0 aliphatic rings. The van der Waals surface area contributed by atoms with Crippen LogP contribution in [0.5, 0.6) is 0 Å². The molecule has 1 unspecified atom stereocenters. The Bertz CT molecular complexity index is 517. The van der Waals surface area contributed by atoms with Crippen LogP contribution >= 0.6 is 11.6 Å². The molecule has 0 bridgehead atoms. The first-order chi connectivity index (χ1) is 10.6. The summed E-state index contributed by atoms with van der Waals surface area (Å²) in [6, 6.07) is 1.05. The van der Waals surface area contributed by atoms with E-state index in [1.54, 1.807) is 4.68 Å². The van der Waals surface area contributed by atoms with E-state index in [9.17, 15) is 4.79 Å². The molecule has 0 aliphatic carbocycles. The third-order valence-electron chi connectivity index (χ3n) is 4.06. The van der Waals surface area contributed by atoms with Gasteiger partial charge in [0.05, 0.1) is 23.0 Å². The molecule has 0 aliphatic heterocycles. The van der Waals surface area contributed by atoms with Gasteiger partial charge in [-0.05, 0) is 48.5 Å². The quantitative estimate of drug-likeness (QED) is 0.789. The molecule has 132 valence electrons. The minimum Gasteiger partial charge on any atom is -0.352 e. The lowest BCUT2D eigenvalue weighted by Crippen LogP contribution is -2.47. The molecule has 6 heteroatoms. The first-order valence-electron chi connectivity index (χ1n) is 8.38. The average molecular weight is 343 g/mol. The zero-order valence-corrected chi connectivity index (χ0v) is 16.2. The van der Waals surface area contributed by atoms with E-state index in [4.69, 9.17) is 11.6 Å². The van der Waals surface area contributed by atoms with E-state index in [0.717, 1.165) is 17.9 Å². The SMILES string of the molecule is Cc1nn(CCC(=O)NC(C)CN(C(C)C)C(C)C)c(C)c1Cl. The molecule has 1 aromatic heterocycles. The lowest BCUT2D eigenvalue weighted by atomic mass is 10.2. The summed E-state index contributed by atoms with van der Waals surface area (Å²) in [5.74, 6) is 0.0497. The lowest BCUT2D eigenvalue weighted by molar-refractivity contribution is -0.122. The smallest absolute Gasteiger partial charge is 0.222 e. The van der Waals surface area contributed by atoms with Gasteiger partial charge in [-0.1, -0.05) is 11.6 Å². The average Bonchev–Trinajstić information content (AvgIpc) is 2.69. The molecule has 1 rings (SSSR count). The van der Waals surface area contributed by atoms with Gasteiger partial charge >= 0.3 is 0 Å². The summed E-state index contributed by atoms with van der Waals surface area (Å²) in [7, 11) is 0. The maximum atomic E-state index is 12.1. The lowest BCUT2D eigenvalue weighted by Gasteiger charge is -2.33. The zero-order valence-electron chi connectivity index (χ0n) is 15.5. The van der Waals surface area contributed by atoms with Gasteiger partial charge in [-0.3, -0.25) is 14.4 Å². The van der Waals surface area contributed by atoms with Crippen molar-refractivity contribution >= 4 is 17.5 Å². The summed E-state index contributed by atoms with van der Waals surface area (Å²) in [6.07, 6.45) is 0.409. The monoisotopic (exact) mass is 342 g/mol. The van der Waals surface area contributed by atoms with Crippen LogP contribution in [-0.2, 0) is 11.3 Å². The zero-order chi connectivity index (χ0) is 17.7. The fraction of sp³-hybridized carbons (Fsp3) is 0.765. The van der Waals surface area contributed by atoms with Crippen LogP contribution in [-0.4, -0.2) is 45.3 Å². The number of amides is 1. The Hall–Kier alpha value is -1.07. The highest BCUT2D eigenvalue weighted by Gasteiger charge is 2.18. The Kier molecular flexibility index (Phi) is 7.55. The number of hydrogen-bond donors (Lipinski definition) is 1. The van der Waals surface area contributed by atoms with Gasteiger partial charge in [0.25, 0.3) is 0 Å². The topological polar surface area (TPSA) is 50.2 Å². The number of hydrogen-bond acceptors (Lipinski definition) is 3. The van der Waals surface area contributed by atoms with Crippen LogP contribution < -0.4 is 5.32 Å². The molecule has 1 aromatic rings. The summed E-state index contributed by atoms with van der Waals surface area (Å²) in [5, 5.41) is 8.11. The Morgan fingerprint density at radius 1 is 1.22 bits per heavy atom. The fourth-order valence-electron chi connectivity index (χ4n) is 2.83. The minimum absolute atomic E-state index is 0.0497. The van der Waals surface area contributed by atoms with Gasteiger partial charge < -0.3 is 5.32 Å². The molecule has 0 aromatic carbocycles. The molecule has 23 heavy (non-hydrogen) atoms. The molecule has 1 N–H and O–H groups in total. The van der Waals surface area contributed by atoms with Crippen molar-refractivity contribution in [3.05, 3.63) is 16.4 Å². The highest BCUT2D eigenvalue weighted by atomic mass is 35.5. The molecule has 1 atom stereocenters. The molecule has 1 amide bonds. The molecule has 0 saturated heterocycles. The third kappa shape index (κ3) is 5.81. The molecule has 0 spiro atoms. The number of halogens is 1. The molecular formula is C17H31ClN4O. The van der Waals surface area contributed by atoms with Crippen LogP contribution in [0.4, 0.5) is 0 Å². The normalized spacial score (nSPS) is 13.2. The number of rotatable bonds is 8. The molecule has 0 fully saturated rings. The Balaban J connectivity index is 2.48. The summed E-state index contributed by atoms with van der Waals surface area (Å²) in [4.78, 5) is 14.5. The summed E-state index contributed by atoms with van der Waals surface area (Å²) in [6.45, 7) is 16.0. The van der Waals surface area contributed by atoms with E-state index >= 15 is 0 Å². The Morgan fingerprint density at radius 2 is 1.78 bits per heavy atom. The van der Waals surface area contributed by atoms with Crippen molar-refractivity contribution in [2.24, 2.45) is 0 Å². The second-order valence-corrected chi connectivity index (χ2v) is 7.19. The number of nitrogens with zero attached hydrogens (tertiary/aromatic N) is 3. The number of nitrogens with one attached hydrogen (secondary N) is 1. The van der Waals surface area contributed by atoms with Crippen LogP contribution in [0.15, 0.2) is 0 Å². The first-order valence-corrected chi connectivity index (χ1v) is 8.75. The van der Waals surface area contributed by atoms with E-state index in [1.807, 2.05) is 13.8 Å². The molecule has 0 saturated carbocycles. The second kappa shape index (κ2) is 8.69. The fourth-order valence-corrected chi connectivity index (χ4v) is 2.96. The van der Waals surface area contributed by atoms with E-state index in [-0.39, 0.29) is 11.9 Å². The van der Waals surface area contributed by atoms with E-state index < -0.39 is 0 Å². The highest BCUT2D eigenvalue weighted by Crippen LogP contribution is 2.18. The van der Waals surface area contributed by atoms with Crippen molar-refractivity contribution in [1.82, 2.24) is 20.0 Å². The van der Waals surface area contributed by atoms with Crippen molar-refractivity contribution in [1.29, 1.82) is 0 Å². The van der Waals surface area contributed by atoms with Crippen LogP contribution in [0.3, 0.4) is 0 Å². The predicted octanol–water partition coefficient (Wildman–Crippen LogP) is 3.17. The maximum Gasteiger partial charge on any atom is 0.222 e. The minimum atomic E-state index is 0.0497. The molecule has 0 radical (unpaired) electrons. The number of aryl methyl sites for hydroxylation is 2. The summed E-state index contributed by atoms with van der Waals surface area (Å²) < 4.78 is 1.80. The van der Waals surface area contributed by atoms with Gasteiger partial charge in [-0.2, -0.15) is 5.10 Å². The van der Waals surface area contributed by atoms with Crippen molar-refractivity contribution in [3.63, 3.8) is 0 Å². The maximum absolute atomic E-state index is 12.1. The van der Waals surface area contributed by atoms with Crippen molar-refractivity contribution in [3.8, 4) is 0 Å². The van der Waals surface area contributed by atoms with Crippen LogP contribution in [0.25, 0.3) is 0 Å². The van der Waals surface area contributed by atoms with Crippen LogP contribution in [0.1, 0.15) is 52.4 Å². The first kappa shape index (κ1) is 20.0. The van der Waals surface area contributed by atoms with Crippen LogP contribution in [0.2, 0.25) is 5.02 Å². The second-order valence-electron chi connectivity index (χ2n) is 6.81. The molecule has 1 heterocycles. The van der Waals surface area contributed by atoms with E-state index in [2.05, 4.69) is 49.9 Å². The standard InChI is InChI=1S/C17H31ClN4O/c1-11(2)21(12(3)4)10-13(5)19-16(23)8-9-22-15(7)17(18)14(6)20-22/h11-13H,8-10H2,1-7H3,(H,19,23). The summed E-state index contributed by atoms with van der Waals surface area (Å²) >= 11 is 6.13. The van der Waals surface area contributed by atoms with Gasteiger partial charge in [-0.15, -0.1) is 0 Å². The highest BCUT2D eigenvalue weighted by molar-refractivity contribution is 6.31. The third-order valence-corrected chi connectivity index (χ3v) is 4.61. The predicted molar refractivity (Wildman–Crippen MR) is 95.9 cm³/mol.